The number of hydrogen-bond donors (Lipinski definition) is 0. The Morgan fingerprint density at radius 3 is 2.53 bits per heavy atom. The molecule has 2 nitrogen and oxygen atoms in total. The summed E-state index contributed by atoms with van der Waals surface area (Å²) in [7, 11) is 0. The number of unbranched alkanes of at least 4 members (excludes halogenated alkanes) is 2. The molecule has 1 amide bonds. The van der Waals surface area contributed by atoms with Gasteiger partial charge in [-0.15, -0.1) is 0 Å². The second-order valence-corrected chi connectivity index (χ2v) is 3.77. The second-order valence-electron chi connectivity index (χ2n) is 3.77. The zero-order valence-corrected chi connectivity index (χ0v) is 9.36. The van der Waals surface area contributed by atoms with Gasteiger partial charge >= 0.3 is 0 Å². The number of rotatable bonds is 7. The van der Waals surface area contributed by atoms with Crippen molar-refractivity contribution in [3.8, 4) is 0 Å². The molecule has 0 aromatic heterocycles. The molecule has 0 aliphatic rings. The third-order valence-electron chi connectivity index (χ3n) is 2.43. The average molecular weight is 205 g/mol. The minimum atomic E-state index is 0.730. The lowest BCUT2D eigenvalue weighted by Crippen LogP contribution is -2.22. The molecule has 82 valence electrons. The molecule has 0 atom stereocenters. The average Bonchev–Trinajstić information content (AvgIpc) is 2.29. The number of benzene rings is 1. The molecular formula is C13H19NO. The Kier molecular flexibility index (Phi) is 5.52. The maximum Gasteiger partial charge on any atom is 0.210 e. The maximum atomic E-state index is 10.8. The molecule has 0 radical (unpaired) electrons. The fourth-order valence-electron chi connectivity index (χ4n) is 1.55. The van der Waals surface area contributed by atoms with Crippen molar-refractivity contribution in [3.63, 3.8) is 0 Å². The molecule has 0 heterocycles. The largest absolute Gasteiger partial charge is 0.341 e. The van der Waals surface area contributed by atoms with Crippen LogP contribution < -0.4 is 0 Å². The first kappa shape index (κ1) is 11.8. The van der Waals surface area contributed by atoms with E-state index in [1.54, 1.807) is 0 Å². The van der Waals surface area contributed by atoms with Crippen molar-refractivity contribution >= 4 is 6.41 Å². The third kappa shape index (κ3) is 4.63. The molecule has 2 heteroatoms. The van der Waals surface area contributed by atoms with Crippen LogP contribution in [0.2, 0.25) is 0 Å². The lowest BCUT2D eigenvalue weighted by atomic mass is 10.2. The summed E-state index contributed by atoms with van der Waals surface area (Å²) in [5, 5.41) is 0. The van der Waals surface area contributed by atoms with Gasteiger partial charge in [-0.3, -0.25) is 4.79 Å². The van der Waals surface area contributed by atoms with Crippen LogP contribution in [-0.4, -0.2) is 17.9 Å². The summed E-state index contributed by atoms with van der Waals surface area (Å²) < 4.78 is 0. The van der Waals surface area contributed by atoms with E-state index in [0.29, 0.717) is 0 Å². The van der Waals surface area contributed by atoms with E-state index in [1.807, 2.05) is 23.1 Å². The highest BCUT2D eigenvalue weighted by atomic mass is 16.1. The van der Waals surface area contributed by atoms with Gasteiger partial charge in [0.1, 0.15) is 0 Å². The van der Waals surface area contributed by atoms with Gasteiger partial charge in [0, 0.05) is 13.1 Å². The smallest absolute Gasteiger partial charge is 0.210 e. The SMILES string of the molecule is CCCCCN(C=O)Cc1ccccc1. The van der Waals surface area contributed by atoms with E-state index in [0.717, 1.165) is 25.9 Å². The van der Waals surface area contributed by atoms with Crippen molar-refractivity contribution in [2.45, 2.75) is 32.7 Å². The molecule has 0 unspecified atom stereocenters. The summed E-state index contributed by atoms with van der Waals surface area (Å²) >= 11 is 0. The van der Waals surface area contributed by atoms with Gasteiger partial charge < -0.3 is 4.90 Å². The van der Waals surface area contributed by atoms with E-state index in [9.17, 15) is 4.79 Å². The summed E-state index contributed by atoms with van der Waals surface area (Å²) in [6, 6.07) is 10.1. The summed E-state index contributed by atoms with van der Waals surface area (Å²) in [5.74, 6) is 0. The predicted octanol–water partition coefficient (Wildman–Crippen LogP) is 2.84. The number of amides is 1. The van der Waals surface area contributed by atoms with Crippen LogP contribution >= 0.6 is 0 Å². The van der Waals surface area contributed by atoms with Crippen LogP contribution in [0.3, 0.4) is 0 Å². The Morgan fingerprint density at radius 1 is 1.20 bits per heavy atom. The minimum Gasteiger partial charge on any atom is -0.341 e. The van der Waals surface area contributed by atoms with Crippen LogP contribution in [-0.2, 0) is 11.3 Å². The predicted molar refractivity (Wildman–Crippen MR) is 62.4 cm³/mol. The number of hydrogen-bond acceptors (Lipinski definition) is 1. The molecule has 0 N–H and O–H groups in total. The van der Waals surface area contributed by atoms with Crippen LogP contribution in [0.5, 0.6) is 0 Å². The quantitative estimate of drug-likeness (QED) is 0.495. The summed E-state index contributed by atoms with van der Waals surface area (Å²) in [6.07, 6.45) is 4.43. The molecule has 1 aromatic rings. The minimum absolute atomic E-state index is 0.730. The molecule has 15 heavy (non-hydrogen) atoms. The highest BCUT2D eigenvalue weighted by molar-refractivity contribution is 5.47. The normalized spacial score (nSPS) is 9.93. The van der Waals surface area contributed by atoms with Crippen molar-refractivity contribution in [1.82, 2.24) is 4.90 Å². The second kappa shape index (κ2) is 7.04. The summed E-state index contributed by atoms with van der Waals surface area (Å²) in [5.41, 5.74) is 1.20. The first-order valence-electron chi connectivity index (χ1n) is 5.60. The summed E-state index contributed by atoms with van der Waals surface area (Å²) in [4.78, 5) is 12.7. The topological polar surface area (TPSA) is 20.3 Å². The Hall–Kier alpha value is -1.31. The monoisotopic (exact) mass is 205 g/mol. The Bertz CT molecular complexity index is 271. The van der Waals surface area contributed by atoms with Gasteiger partial charge in [-0.25, -0.2) is 0 Å². The summed E-state index contributed by atoms with van der Waals surface area (Å²) in [6.45, 7) is 3.77. The van der Waals surface area contributed by atoms with Crippen molar-refractivity contribution in [2.75, 3.05) is 6.54 Å². The number of nitrogens with zero attached hydrogens (tertiary/aromatic N) is 1. The van der Waals surface area contributed by atoms with Gasteiger partial charge in [-0.1, -0.05) is 50.1 Å². The zero-order chi connectivity index (χ0) is 10.9. The van der Waals surface area contributed by atoms with Crippen molar-refractivity contribution in [3.05, 3.63) is 35.9 Å². The maximum absolute atomic E-state index is 10.8. The molecule has 0 bridgehead atoms. The molecule has 1 aromatic carbocycles. The molecule has 0 aliphatic carbocycles. The van der Waals surface area contributed by atoms with Gasteiger partial charge in [0.15, 0.2) is 0 Å². The Morgan fingerprint density at radius 2 is 1.93 bits per heavy atom. The van der Waals surface area contributed by atoms with Gasteiger partial charge in [-0.2, -0.15) is 0 Å². The zero-order valence-electron chi connectivity index (χ0n) is 9.36. The van der Waals surface area contributed by atoms with Crippen LogP contribution in [0.15, 0.2) is 30.3 Å². The number of carbonyl (C=O) groups excluding carboxylic acids is 1. The molecule has 0 spiro atoms. The van der Waals surface area contributed by atoms with Gasteiger partial charge in [0.2, 0.25) is 6.41 Å². The Balaban J connectivity index is 2.37. The first-order valence-corrected chi connectivity index (χ1v) is 5.60. The number of carbonyl (C=O) groups is 1. The van der Waals surface area contributed by atoms with E-state index in [-0.39, 0.29) is 0 Å². The van der Waals surface area contributed by atoms with Crippen LogP contribution in [0.4, 0.5) is 0 Å². The van der Waals surface area contributed by atoms with Gasteiger partial charge in [0.05, 0.1) is 0 Å². The molecule has 1 rings (SSSR count). The van der Waals surface area contributed by atoms with E-state index in [1.165, 1.54) is 18.4 Å². The molecular weight excluding hydrogens is 186 g/mol. The van der Waals surface area contributed by atoms with E-state index in [2.05, 4.69) is 19.1 Å². The molecule has 0 fully saturated rings. The van der Waals surface area contributed by atoms with Crippen molar-refractivity contribution < 1.29 is 4.79 Å². The highest BCUT2D eigenvalue weighted by Gasteiger charge is 2.01. The molecule has 0 saturated heterocycles. The Labute approximate surface area is 91.9 Å². The lowest BCUT2D eigenvalue weighted by Gasteiger charge is -2.16. The van der Waals surface area contributed by atoms with Crippen LogP contribution in [0.1, 0.15) is 31.7 Å². The van der Waals surface area contributed by atoms with Gasteiger partial charge in [0.25, 0.3) is 0 Å². The van der Waals surface area contributed by atoms with Crippen molar-refractivity contribution in [1.29, 1.82) is 0 Å². The first-order chi connectivity index (χ1) is 7.36. The van der Waals surface area contributed by atoms with Crippen molar-refractivity contribution in [2.24, 2.45) is 0 Å². The van der Waals surface area contributed by atoms with Crippen LogP contribution in [0.25, 0.3) is 0 Å². The lowest BCUT2D eigenvalue weighted by molar-refractivity contribution is -0.118. The van der Waals surface area contributed by atoms with E-state index in [4.69, 9.17) is 0 Å². The van der Waals surface area contributed by atoms with E-state index < -0.39 is 0 Å². The van der Waals surface area contributed by atoms with Gasteiger partial charge in [-0.05, 0) is 12.0 Å². The third-order valence-corrected chi connectivity index (χ3v) is 2.43. The molecule has 0 aliphatic heterocycles. The van der Waals surface area contributed by atoms with Crippen LogP contribution in [0, 0.1) is 0 Å². The fourth-order valence-corrected chi connectivity index (χ4v) is 1.55. The molecule has 0 saturated carbocycles. The standard InChI is InChI=1S/C13H19NO/c1-2-3-7-10-14(12-15)11-13-8-5-4-6-9-13/h4-6,8-9,12H,2-3,7,10-11H2,1H3. The fraction of sp³-hybridized carbons (Fsp3) is 0.462. The highest BCUT2D eigenvalue weighted by Crippen LogP contribution is 2.04. The van der Waals surface area contributed by atoms with E-state index >= 15 is 0 Å².